The second-order valence-electron chi connectivity index (χ2n) is 2.25. The Hall–Kier alpha value is -0.0600. The van der Waals surface area contributed by atoms with Crippen LogP contribution in [0.2, 0.25) is 0 Å². The maximum absolute atomic E-state index is 13.1. The first-order chi connectivity index (χ1) is 6.37. The van der Waals surface area contributed by atoms with E-state index in [0.29, 0.717) is 0 Å². The minimum Gasteiger partial charge on any atom is -0.477 e. The van der Waals surface area contributed by atoms with Crippen molar-refractivity contribution in [2.75, 3.05) is 0 Å². The highest BCUT2D eigenvalue weighted by molar-refractivity contribution is 14.1. The topological polar surface area (TPSA) is 37.3 Å². The Morgan fingerprint density at radius 2 is 1.36 bits per heavy atom. The van der Waals surface area contributed by atoms with Crippen molar-refractivity contribution in [1.82, 2.24) is 0 Å². The molecule has 7 heteroatoms. The van der Waals surface area contributed by atoms with Crippen LogP contribution in [0.15, 0.2) is 0 Å². The lowest BCUT2D eigenvalue weighted by Gasteiger charge is -2.05. The molecule has 1 aromatic rings. The fourth-order valence-corrected chi connectivity index (χ4v) is 2.39. The molecule has 0 aromatic heterocycles. The van der Waals surface area contributed by atoms with E-state index in [2.05, 4.69) is 0 Å². The van der Waals surface area contributed by atoms with Crippen molar-refractivity contribution in [3.05, 3.63) is 30.2 Å². The first kappa shape index (κ1) is 12.0. The summed E-state index contributed by atoms with van der Waals surface area (Å²) in [6.45, 7) is 0. The lowest BCUT2D eigenvalue weighted by molar-refractivity contribution is 0.0685. The van der Waals surface area contributed by atoms with Gasteiger partial charge >= 0.3 is 5.97 Å². The van der Waals surface area contributed by atoms with Crippen LogP contribution in [0.3, 0.4) is 0 Å². The Morgan fingerprint density at radius 3 is 1.64 bits per heavy atom. The molecule has 1 rings (SSSR count). The van der Waals surface area contributed by atoms with Crippen LogP contribution in [0.5, 0.6) is 0 Å². The molecule has 76 valence electrons. The molecule has 0 bridgehead atoms. The Kier molecular flexibility index (Phi) is 3.61. The van der Waals surface area contributed by atoms with Crippen LogP contribution in [0.25, 0.3) is 0 Å². The van der Waals surface area contributed by atoms with Crippen LogP contribution >= 0.6 is 45.2 Å². The van der Waals surface area contributed by atoms with Crippen molar-refractivity contribution in [2.45, 2.75) is 0 Å². The van der Waals surface area contributed by atoms with Crippen LogP contribution < -0.4 is 0 Å². The maximum atomic E-state index is 13.1. The van der Waals surface area contributed by atoms with Crippen molar-refractivity contribution in [1.29, 1.82) is 0 Å². The van der Waals surface area contributed by atoms with Crippen LogP contribution in [0, 0.1) is 24.6 Å². The number of rotatable bonds is 1. The molecular formula is C7HF3I2O2. The van der Waals surface area contributed by atoms with E-state index in [9.17, 15) is 18.0 Å². The van der Waals surface area contributed by atoms with Gasteiger partial charge in [0.2, 0.25) is 0 Å². The van der Waals surface area contributed by atoms with E-state index in [1.807, 2.05) is 0 Å². The summed E-state index contributed by atoms with van der Waals surface area (Å²) in [5, 5.41) is 8.48. The van der Waals surface area contributed by atoms with Crippen molar-refractivity contribution in [3.8, 4) is 0 Å². The van der Waals surface area contributed by atoms with E-state index < -0.39 is 36.1 Å². The smallest absolute Gasteiger partial charge is 0.341 e. The summed E-state index contributed by atoms with van der Waals surface area (Å²) in [7, 11) is 0. The first-order valence-electron chi connectivity index (χ1n) is 3.12. The monoisotopic (exact) mass is 428 g/mol. The quantitative estimate of drug-likeness (QED) is 0.425. The number of hydrogen-bond donors (Lipinski definition) is 1. The number of benzene rings is 1. The normalized spacial score (nSPS) is 10.4. The first-order valence-corrected chi connectivity index (χ1v) is 5.28. The maximum Gasteiger partial charge on any atom is 0.341 e. The number of carbonyl (C=O) groups is 1. The molecule has 1 aromatic carbocycles. The zero-order valence-corrected chi connectivity index (χ0v) is 10.6. The number of carboxylic acid groups (broad SMARTS) is 1. The summed E-state index contributed by atoms with van der Waals surface area (Å²) in [4.78, 5) is 10.4. The van der Waals surface area contributed by atoms with Crippen LogP contribution in [-0.4, -0.2) is 11.1 Å². The third kappa shape index (κ3) is 1.83. The largest absolute Gasteiger partial charge is 0.477 e. The number of aromatic carboxylic acids is 1. The molecule has 2 nitrogen and oxygen atoms in total. The molecular weight excluding hydrogens is 427 g/mol. The number of carboxylic acids is 1. The molecule has 0 amide bonds. The Labute approximate surface area is 104 Å². The summed E-state index contributed by atoms with van der Waals surface area (Å²) >= 11 is 2.57. The summed E-state index contributed by atoms with van der Waals surface area (Å²) in [6.07, 6.45) is 0. The molecule has 0 aliphatic rings. The van der Waals surface area contributed by atoms with Gasteiger partial charge in [-0.15, -0.1) is 0 Å². The van der Waals surface area contributed by atoms with Gasteiger partial charge in [0, 0.05) is 0 Å². The van der Waals surface area contributed by atoms with Crippen molar-refractivity contribution in [2.24, 2.45) is 0 Å². The predicted octanol–water partition coefficient (Wildman–Crippen LogP) is 3.01. The van der Waals surface area contributed by atoms with Crippen molar-refractivity contribution >= 4 is 51.2 Å². The fourth-order valence-electron chi connectivity index (χ4n) is 0.793. The lowest BCUT2D eigenvalue weighted by Crippen LogP contribution is -2.10. The second-order valence-corrected chi connectivity index (χ2v) is 4.41. The Bertz CT molecular complexity index is 391. The van der Waals surface area contributed by atoms with Crippen molar-refractivity contribution in [3.63, 3.8) is 0 Å². The van der Waals surface area contributed by atoms with E-state index >= 15 is 0 Å². The molecule has 0 fully saturated rings. The molecule has 0 saturated carbocycles. The molecule has 0 atom stereocenters. The van der Waals surface area contributed by atoms with E-state index in [1.165, 1.54) is 45.2 Å². The highest BCUT2D eigenvalue weighted by atomic mass is 127. The lowest BCUT2D eigenvalue weighted by atomic mass is 10.2. The van der Waals surface area contributed by atoms with Crippen LogP contribution in [-0.2, 0) is 0 Å². The Balaban J connectivity index is 3.68. The molecule has 0 aliphatic heterocycles. The SMILES string of the molecule is O=C(O)c1c(F)c(I)c(F)c(I)c1F. The van der Waals surface area contributed by atoms with E-state index in [1.54, 1.807) is 0 Å². The predicted molar refractivity (Wildman–Crippen MR) is 58.7 cm³/mol. The van der Waals surface area contributed by atoms with Gasteiger partial charge in [0.1, 0.15) is 5.56 Å². The summed E-state index contributed by atoms with van der Waals surface area (Å²) in [6, 6.07) is 0. The van der Waals surface area contributed by atoms with Crippen LogP contribution in [0.1, 0.15) is 10.4 Å². The van der Waals surface area contributed by atoms with E-state index in [-0.39, 0.29) is 0 Å². The van der Waals surface area contributed by atoms with Gasteiger partial charge in [-0.25, -0.2) is 18.0 Å². The van der Waals surface area contributed by atoms with Gasteiger partial charge in [0.05, 0.1) is 7.14 Å². The summed E-state index contributed by atoms with van der Waals surface area (Å²) in [5.74, 6) is -5.59. The average molecular weight is 428 g/mol. The number of hydrogen-bond acceptors (Lipinski definition) is 1. The van der Waals surface area contributed by atoms with Crippen molar-refractivity contribution < 1.29 is 23.1 Å². The van der Waals surface area contributed by atoms with Gasteiger partial charge in [-0.05, 0) is 45.2 Å². The molecule has 14 heavy (non-hydrogen) atoms. The molecule has 0 aliphatic carbocycles. The second kappa shape index (κ2) is 4.21. The third-order valence-electron chi connectivity index (χ3n) is 1.42. The average Bonchev–Trinajstić information content (AvgIpc) is 2.11. The Morgan fingerprint density at radius 1 is 1.00 bits per heavy atom. The molecule has 0 spiro atoms. The zero-order chi connectivity index (χ0) is 11.0. The zero-order valence-electron chi connectivity index (χ0n) is 6.25. The van der Waals surface area contributed by atoms with Gasteiger partial charge in [-0.1, -0.05) is 0 Å². The van der Waals surface area contributed by atoms with Gasteiger partial charge in [-0.3, -0.25) is 0 Å². The summed E-state index contributed by atoms with van der Waals surface area (Å²) < 4.78 is 38.1. The highest BCUT2D eigenvalue weighted by Crippen LogP contribution is 2.27. The third-order valence-corrected chi connectivity index (χ3v) is 3.32. The molecule has 1 N–H and O–H groups in total. The molecule has 0 radical (unpaired) electrons. The standard InChI is InChI=1S/C7HF3I2O2/c8-2-1(7(13)14)3(9)6(12)4(10)5(2)11/h(H,13,14). The van der Waals surface area contributed by atoms with Gasteiger partial charge < -0.3 is 5.11 Å². The van der Waals surface area contributed by atoms with Crippen LogP contribution in [0.4, 0.5) is 13.2 Å². The molecule has 0 unspecified atom stereocenters. The van der Waals surface area contributed by atoms with Gasteiger partial charge in [0.25, 0.3) is 0 Å². The van der Waals surface area contributed by atoms with Gasteiger partial charge in [0.15, 0.2) is 17.5 Å². The summed E-state index contributed by atoms with van der Waals surface area (Å²) in [5.41, 5.74) is -1.12. The van der Waals surface area contributed by atoms with E-state index in [0.717, 1.165) is 0 Å². The minimum absolute atomic E-state index is 0.522. The molecule has 0 saturated heterocycles. The van der Waals surface area contributed by atoms with E-state index in [4.69, 9.17) is 5.11 Å². The number of halogens is 5. The van der Waals surface area contributed by atoms with Gasteiger partial charge in [-0.2, -0.15) is 0 Å². The molecule has 0 heterocycles. The minimum atomic E-state index is -1.75. The highest BCUT2D eigenvalue weighted by Gasteiger charge is 2.26. The fraction of sp³-hybridized carbons (Fsp3) is 0.